The predicted molar refractivity (Wildman–Crippen MR) is 123 cm³/mol. The van der Waals surface area contributed by atoms with Crippen LogP contribution in [-0.2, 0) is 11.3 Å². The van der Waals surface area contributed by atoms with E-state index in [1.165, 1.54) is 4.90 Å². The van der Waals surface area contributed by atoms with Crippen molar-refractivity contribution in [2.45, 2.75) is 20.4 Å². The molecule has 0 spiro atoms. The molecule has 4 rings (SSSR count). The van der Waals surface area contributed by atoms with Gasteiger partial charge in [0, 0.05) is 11.4 Å². The number of aryl methyl sites for hydroxylation is 1. The summed E-state index contributed by atoms with van der Waals surface area (Å²) in [7, 11) is 0. The highest BCUT2D eigenvalue weighted by atomic mass is 35.5. The van der Waals surface area contributed by atoms with Gasteiger partial charge in [0.05, 0.1) is 27.2 Å². The SMILES string of the molecule is Cc1cc(/C=C2\SC(=O)N(Cc3ccccc3)C2=O)c(C)n1-c1cccc(Cl)c1Cl. The number of amides is 2. The molecule has 152 valence electrons. The molecule has 0 atom stereocenters. The van der Waals surface area contributed by atoms with Gasteiger partial charge in [0.15, 0.2) is 0 Å². The molecule has 0 N–H and O–H groups in total. The average molecular weight is 457 g/mol. The van der Waals surface area contributed by atoms with Crippen LogP contribution in [0.4, 0.5) is 4.79 Å². The monoisotopic (exact) mass is 456 g/mol. The molecule has 2 amide bonds. The number of carbonyl (C=O) groups excluding carboxylic acids is 2. The maximum Gasteiger partial charge on any atom is 0.293 e. The van der Waals surface area contributed by atoms with Crippen molar-refractivity contribution in [3.63, 3.8) is 0 Å². The molecular weight excluding hydrogens is 439 g/mol. The maximum atomic E-state index is 12.9. The maximum absolute atomic E-state index is 12.9. The van der Waals surface area contributed by atoms with Gasteiger partial charge in [-0.15, -0.1) is 0 Å². The number of aromatic nitrogens is 1. The fraction of sp³-hybridized carbons (Fsp3) is 0.130. The molecule has 0 aliphatic carbocycles. The van der Waals surface area contributed by atoms with Gasteiger partial charge in [-0.25, -0.2) is 0 Å². The number of rotatable bonds is 4. The van der Waals surface area contributed by atoms with E-state index in [0.717, 1.165) is 40.0 Å². The topological polar surface area (TPSA) is 42.3 Å². The molecule has 0 bridgehead atoms. The zero-order chi connectivity index (χ0) is 21.4. The van der Waals surface area contributed by atoms with Crippen LogP contribution in [0.2, 0.25) is 10.0 Å². The molecule has 2 heterocycles. The third-order valence-corrected chi connectivity index (χ3v) is 6.70. The second kappa shape index (κ2) is 8.34. The van der Waals surface area contributed by atoms with Crippen LogP contribution in [-0.4, -0.2) is 20.6 Å². The Kier molecular flexibility index (Phi) is 5.78. The smallest absolute Gasteiger partial charge is 0.293 e. The van der Waals surface area contributed by atoms with E-state index in [2.05, 4.69) is 0 Å². The Labute approximate surface area is 189 Å². The Morgan fingerprint density at radius 2 is 1.73 bits per heavy atom. The molecule has 1 aliphatic rings. The number of hydrogen-bond donors (Lipinski definition) is 0. The predicted octanol–water partition coefficient (Wildman–Crippen LogP) is 6.64. The number of imide groups is 1. The zero-order valence-electron chi connectivity index (χ0n) is 16.4. The van der Waals surface area contributed by atoms with Crippen molar-refractivity contribution >= 4 is 52.2 Å². The van der Waals surface area contributed by atoms with Gasteiger partial charge in [0.1, 0.15) is 0 Å². The van der Waals surface area contributed by atoms with E-state index in [1.807, 2.05) is 66.9 Å². The van der Waals surface area contributed by atoms with Crippen molar-refractivity contribution in [2.75, 3.05) is 0 Å². The van der Waals surface area contributed by atoms with Crippen molar-refractivity contribution in [3.8, 4) is 5.69 Å². The van der Waals surface area contributed by atoms with Gasteiger partial charge in [-0.2, -0.15) is 0 Å². The first kappa shape index (κ1) is 20.8. The third kappa shape index (κ3) is 3.81. The van der Waals surface area contributed by atoms with Crippen molar-refractivity contribution < 1.29 is 9.59 Å². The average Bonchev–Trinajstić information content (AvgIpc) is 3.15. The van der Waals surface area contributed by atoms with E-state index >= 15 is 0 Å². The van der Waals surface area contributed by atoms with E-state index in [-0.39, 0.29) is 17.7 Å². The molecule has 1 aliphatic heterocycles. The molecule has 1 fully saturated rings. The molecular formula is C23H18Cl2N2O2S. The summed E-state index contributed by atoms with van der Waals surface area (Å²) in [4.78, 5) is 27.0. The highest BCUT2D eigenvalue weighted by Gasteiger charge is 2.35. The number of carbonyl (C=O) groups is 2. The summed E-state index contributed by atoms with van der Waals surface area (Å²) in [5.74, 6) is -0.278. The van der Waals surface area contributed by atoms with Crippen molar-refractivity contribution in [3.05, 3.63) is 92.1 Å². The van der Waals surface area contributed by atoms with Crippen LogP contribution in [0.3, 0.4) is 0 Å². The van der Waals surface area contributed by atoms with Crippen molar-refractivity contribution in [2.24, 2.45) is 0 Å². The Bertz CT molecular complexity index is 1190. The highest BCUT2D eigenvalue weighted by molar-refractivity contribution is 8.18. The molecule has 3 aromatic rings. The fourth-order valence-corrected chi connectivity index (χ4v) is 4.72. The third-order valence-electron chi connectivity index (χ3n) is 4.99. The zero-order valence-corrected chi connectivity index (χ0v) is 18.7. The van der Waals surface area contributed by atoms with Crippen LogP contribution in [0, 0.1) is 13.8 Å². The lowest BCUT2D eigenvalue weighted by Crippen LogP contribution is -2.27. The van der Waals surface area contributed by atoms with E-state index < -0.39 is 0 Å². The summed E-state index contributed by atoms with van der Waals surface area (Å²) in [6.07, 6.45) is 1.77. The molecule has 1 saturated heterocycles. The lowest BCUT2D eigenvalue weighted by atomic mass is 10.2. The van der Waals surface area contributed by atoms with Crippen LogP contribution < -0.4 is 0 Å². The Morgan fingerprint density at radius 1 is 1.00 bits per heavy atom. The lowest BCUT2D eigenvalue weighted by Gasteiger charge is -2.12. The number of thioether (sulfide) groups is 1. The first-order chi connectivity index (χ1) is 14.4. The minimum atomic E-state index is -0.278. The molecule has 7 heteroatoms. The normalized spacial score (nSPS) is 15.5. The van der Waals surface area contributed by atoms with Gasteiger partial charge in [0.2, 0.25) is 0 Å². The van der Waals surface area contributed by atoms with Crippen LogP contribution in [0.5, 0.6) is 0 Å². The first-order valence-corrected chi connectivity index (χ1v) is 10.9. The summed E-state index contributed by atoms with van der Waals surface area (Å²) in [6.45, 7) is 4.17. The summed E-state index contributed by atoms with van der Waals surface area (Å²) in [5.41, 5.74) is 4.40. The van der Waals surface area contributed by atoms with Gasteiger partial charge in [-0.1, -0.05) is 59.6 Å². The van der Waals surface area contributed by atoms with Gasteiger partial charge < -0.3 is 4.57 Å². The summed E-state index contributed by atoms with van der Waals surface area (Å²) in [5, 5.41) is 0.683. The second-order valence-corrected chi connectivity index (χ2v) is 8.77. The minimum absolute atomic E-state index is 0.262. The number of hydrogen-bond acceptors (Lipinski definition) is 3. The van der Waals surface area contributed by atoms with Gasteiger partial charge in [0.25, 0.3) is 11.1 Å². The Morgan fingerprint density at radius 3 is 2.47 bits per heavy atom. The molecule has 2 aromatic carbocycles. The van der Waals surface area contributed by atoms with Crippen LogP contribution >= 0.6 is 35.0 Å². The van der Waals surface area contributed by atoms with Gasteiger partial charge in [-0.3, -0.25) is 14.5 Å². The van der Waals surface area contributed by atoms with Gasteiger partial charge in [-0.05, 0) is 61.0 Å². The van der Waals surface area contributed by atoms with Crippen LogP contribution in [0.15, 0.2) is 59.5 Å². The standard InChI is InChI=1S/C23H18Cl2N2O2S/c1-14-11-17(15(2)27(14)19-10-6-9-18(24)21(19)25)12-20-22(28)26(23(29)30-20)13-16-7-4-3-5-8-16/h3-12H,13H2,1-2H3/b20-12-. The molecule has 0 unspecified atom stereocenters. The van der Waals surface area contributed by atoms with Crippen LogP contribution in [0.25, 0.3) is 11.8 Å². The summed E-state index contributed by atoms with van der Waals surface area (Å²) in [6, 6.07) is 16.9. The summed E-state index contributed by atoms with van der Waals surface area (Å²) < 4.78 is 1.99. The first-order valence-electron chi connectivity index (χ1n) is 9.29. The molecule has 0 saturated carbocycles. The number of nitrogens with zero attached hydrogens (tertiary/aromatic N) is 2. The highest BCUT2D eigenvalue weighted by Crippen LogP contribution is 2.36. The fourth-order valence-electron chi connectivity index (χ4n) is 3.51. The largest absolute Gasteiger partial charge is 0.316 e. The summed E-state index contributed by atoms with van der Waals surface area (Å²) >= 11 is 13.6. The quantitative estimate of drug-likeness (QED) is 0.413. The molecule has 1 aromatic heterocycles. The van der Waals surface area contributed by atoms with E-state index in [9.17, 15) is 9.59 Å². The Balaban J connectivity index is 1.67. The van der Waals surface area contributed by atoms with E-state index in [1.54, 1.807) is 12.1 Å². The molecule has 0 radical (unpaired) electrons. The van der Waals surface area contributed by atoms with E-state index in [0.29, 0.717) is 15.0 Å². The van der Waals surface area contributed by atoms with Crippen LogP contribution in [0.1, 0.15) is 22.5 Å². The van der Waals surface area contributed by atoms with E-state index in [4.69, 9.17) is 23.2 Å². The number of halogens is 2. The molecule has 30 heavy (non-hydrogen) atoms. The minimum Gasteiger partial charge on any atom is -0.316 e. The lowest BCUT2D eigenvalue weighted by molar-refractivity contribution is -0.123. The van der Waals surface area contributed by atoms with Gasteiger partial charge >= 0.3 is 0 Å². The number of benzene rings is 2. The van der Waals surface area contributed by atoms with Crippen molar-refractivity contribution in [1.82, 2.24) is 9.47 Å². The molecule has 4 nitrogen and oxygen atoms in total. The second-order valence-electron chi connectivity index (χ2n) is 6.99. The Hall–Kier alpha value is -2.47. The van der Waals surface area contributed by atoms with Crippen molar-refractivity contribution in [1.29, 1.82) is 0 Å².